The highest BCUT2D eigenvalue weighted by Crippen LogP contribution is 2.25. The zero-order chi connectivity index (χ0) is 18.8. The maximum Gasteiger partial charge on any atom is 0.228 e. The number of anilines is 1. The van der Waals surface area contributed by atoms with Crippen LogP contribution in [0.3, 0.4) is 0 Å². The quantitative estimate of drug-likeness (QED) is 0.531. The molecule has 1 amide bonds. The van der Waals surface area contributed by atoms with Crippen LogP contribution in [0.2, 0.25) is 0 Å². The normalized spacial score (nSPS) is 10.9. The minimum Gasteiger partial charge on any atom is -0.426 e. The molecule has 0 spiro atoms. The van der Waals surface area contributed by atoms with E-state index in [1.54, 1.807) is 0 Å². The van der Waals surface area contributed by atoms with E-state index < -0.39 is 0 Å². The van der Waals surface area contributed by atoms with Crippen molar-refractivity contribution in [1.29, 1.82) is 0 Å². The van der Waals surface area contributed by atoms with E-state index in [2.05, 4.69) is 10.3 Å². The summed E-state index contributed by atoms with van der Waals surface area (Å²) in [7, 11) is 0. The second-order valence-electron chi connectivity index (χ2n) is 6.53. The van der Waals surface area contributed by atoms with E-state index in [1.165, 1.54) is 0 Å². The summed E-state index contributed by atoms with van der Waals surface area (Å²) < 4.78 is 1.10. The van der Waals surface area contributed by atoms with E-state index in [1.807, 2.05) is 79.7 Å². The number of fused-ring (bicyclic) bond motifs is 1. The Kier molecular flexibility index (Phi) is 4.34. The monoisotopic (exact) mass is 357 g/mol. The van der Waals surface area contributed by atoms with Gasteiger partial charge in [0.05, 0.1) is 11.9 Å². The van der Waals surface area contributed by atoms with Crippen LogP contribution >= 0.6 is 0 Å². The number of benzene rings is 3. The second kappa shape index (κ2) is 6.96. The summed E-state index contributed by atoms with van der Waals surface area (Å²) in [6.45, 7) is 1.97. The summed E-state index contributed by atoms with van der Waals surface area (Å²) >= 11 is 0. The van der Waals surface area contributed by atoms with Crippen LogP contribution in [0.5, 0.6) is 0 Å². The molecular formula is C22H19N3O2. The summed E-state index contributed by atoms with van der Waals surface area (Å²) in [6.07, 6.45) is 0.328. The number of hydrogen-bond acceptors (Lipinski definition) is 3. The number of imidazole rings is 1. The molecule has 134 valence electrons. The van der Waals surface area contributed by atoms with Gasteiger partial charge in [0.25, 0.3) is 0 Å². The second-order valence-corrected chi connectivity index (χ2v) is 6.53. The van der Waals surface area contributed by atoms with Crippen LogP contribution in [0.25, 0.3) is 22.4 Å². The van der Waals surface area contributed by atoms with Crippen molar-refractivity contribution in [2.75, 3.05) is 5.32 Å². The van der Waals surface area contributed by atoms with Gasteiger partial charge in [0.15, 0.2) is 5.82 Å². The Labute approximate surface area is 156 Å². The number of rotatable bonds is 4. The van der Waals surface area contributed by atoms with Crippen molar-refractivity contribution < 1.29 is 10.0 Å². The van der Waals surface area contributed by atoms with Gasteiger partial charge in [-0.25, -0.2) is 4.98 Å². The molecule has 5 nitrogen and oxygen atoms in total. The average molecular weight is 357 g/mol. The Hall–Kier alpha value is -3.60. The van der Waals surface area contributed by atoms with E-state index in [9.17, 15) is 10.0 Å². The minimum absolute atomic E-state index is 0.0705. The van der Waals surface area contributed by atoms with Crippen LogP contribution in [-0.4, -0.2) is 20.8 Å². The number of nitrogens with zero attached hydrogens (tertiary/aromatic N) is 2. The van der Waals surface area contributed by atoms with Gasteiger partial charge < -0.3 is 10.5 Å². The van der Waals surface area contributed by atoms with Gasteiger partial charge >= 0.3 is 0 Å². The molecule has 0 aliphatic carbocycles. The maximum atomic E-state index is 12.2. The highest BCUT2D eigenvalue weighted by Gasteiger charge is 2.12. The van der Waals surface area contributed by atoms with Crippen molar-refractivity contribution in [3.8, 4) is 11.4 Å². The van der Waals surface area contributed by atoms with E-state index in [-0.39, 0.29) is 5.91 Å². The molecule has 4 aromatic rings. The highest BCUT2D eigenvalue weighted by molar-refractivity contribution is 5.92. The molecule has 0 saturated carbocycles. The zero-order valence-corrected chi connectivity index (χ0v) is 14.9. The molecule has 0 fully saturated rings. The third-order valence-electron chi connectivity index (χ3n) is 4.42. The molecule has 4 rings (SSSR count). The summed E-state index contributed by atoms with van der Waals surface area (Å²) in [5, 5.41) is 13.3. The molecule has 5 heteroatoms. The average Bonchev–Trinajstić information content (AvgIpc) is 2.99. The molecule has 1 heterocycles. The van der Waals surface area contributed by atoms with Crippen molar-refractivity contribution in [3.05, 3.63) is 83.9 Å². The summed E-state index contributed by atoms with van der Waals surface area (Å²) in [4.78, 5) is 16.7. The molecule has 0 radical (unpaired) electrons. The van der Waals surface area contributed by atoms with Gasteiger partial charge in [-0.05, 0) is 54.4 Å². The van der Waals surface area contributed by atoms with Gasteiger partial charge in [0, 0.05) is 11.3 Å². The molecule has 3 aromatic carbocycles. The molecule has 27 heavy (non-hydrogen) atoms. The van der Waals surface area contributed by atoms with E-state index in [4.69, 9.17) is 0 Å². The Balaban J connectivity index is 1.52. The third kappa shape index (κ3) is 3.53. The number of amides is 1. The highest BCUT2D eigenvalue weighted by atomic mass is 16.5. The van der Waals surface area contributed by atoms with Gasteiger partial charge in [-0.15, -0.1) is 0 Å². The van der Waals surface area contributed by atoms with Crippen LogP contribution in [0.1, 0.15) is 11.1 Å². The van der Waals surface area contributed by atoms with Crippen molar-refractivity contribution >= 4 is 22.6 Å². The number of hydrogen-bond donors (Lipinski definition) is 2. The van der Waals surface area contributed by atoms with Gasteiger partial charge in [-0.3, -0.25) is 4.79 Å². The summed E-state index contributed by atoms with van der Waals surface area (Å²) in [5.74, 6) is 0.400. The van der Waals surface area contributed by atoms with Crippen molar-refractivity contribution in [2.45, 2.75) is 13.3 Å². The molecule has 1 aromatic heterocycles. The molecule has 0 aliphatic heterocycles. The Morgan fingerprint density at radius 2 is 1.78 bits per heavy atom. The Morgan fingerprint density at radius 1 is 1.04 bits per heavy atom. The zero-order valence-electron chi connectivity index (χ0n) is 14.9. The molecule has 2 N–H and O–H groups in total. The van der Waals surface area contributed by atoms with Crippen molar-refractivity contribution in [1.82, 2.24) is 9.71 Å². The fraction of sp³-hybridized carbons (Fsp3) is 0.0909. The topological polar surface area (TPSA) is 67.2 Å². The first kappa shape index (κ1) is 16.8. The molecule has 0 unspecified atom stereocenters. The Bertz CT molecular complexity index is 1100. The van der Waals surface area contributed by atoms with Crippen LogP contribution in [0.15, 0.2) is 72.8 Å². The van der Waals surface area contributed by atoms with Crippen LogP contribution in [0.4, 0.5) is 5.69 Å². The van der Waals surface area contributed by atoms with Gasteiger partial charge in [-0.2, -0.15) is 4.73 Å². The third-order valence-corrected chi connectivity index (χ3v) is 4.42. The number of aryl methyl sites for hydroxylation is 1. The molecule has 0 atom stereocenters. The standard InChI is InChI=1S/C22H19N3O2/c1-15-7-12-19-20(13-15)25(27)22(24-19)17-8-10-18(11-9-17)23-21(26)14-16-5-3-2-4-6-16/h2-13,27H,14H2,1H3,(H,23,26). The fourth-order valence-electron chi connectivity index (χ4n) is 3.05. The summed E-state index contributed by atoms with van der Waals surface area (Å²) in [5.41, 5.74) is 4.91. The van der Waals surface area contributed by atoms with Crippen molar-refractivity contribution in [3.63, 3.8) is 0 Å². The number of aromatic nitrogens is 2. The largest absolute Gasteiger partial charge is 0.426 e. The smallest absolute Gasteiger partial charge is 0.228 e. The molecule has 0 aliphatic rings. The van der Waals surface area contributed by atoms with Gasteiger partial charge in [-0.1, -0.05) is 36.4 Å². The first-order valence-corrected chi connectivity index (χ1v) is 8.73. The predicted octanol–water partition coefficient (Wildman–Crippen LogP) is 4.43. The fourth-order valence-corrected chi connectivity index (χ4v) is 3.05. The first-order chi connectivity index (χ1) is 13.1. The lowest BCUT2D eigenvalue weighted by Crippen LogP contribution is -2.14. The number of nitrogens with one attached hydrogen (secondary N) is 1. The summed E-state index contributed by atoms with van der Waals surface area (Å²) in [6, 6.07) is 22.6. The minimum atomic E-state index is -0.0705. The predicted molar refractivity (Wildman–Crippen MR) is 106 cm³/mol. The molecule has 0 saturated heterocycles. The van der Waals surface area contributed by atoms with E-state index in [0.717, 1.165) is 26.9 Å². The van der Waals surface area contributed by atoms with E-state index >= 15 is 0 Å². The van der Waals surface area contributed by atoms with Crippen LogP contribution in [0, 0.1) is 6.92 Å². The number of carbonyl (C=O) groups is 1. The lowest BCUT2D eigenvalue weighted by atomic mass is 10.1. The van der Waals surface area contributed by atoms with Gasteiger partial charge in [0.2, 0.25) is 5.91 Å². The lowest BCUT2D eigenvalue weighted by Gasteiger charge is -2.07. The molecular weight excluding hydrogens is 338 g/mol. The van der Waals surface area contributed by atoms with Crippen molar-refractivity contribution in [2.24, 2.45) is 0 Å². The van der Waals surface area contributed by atoms with Gasteiger partial charge in [0.1, 0.15) is 5.52 Å². The van der Waals surface area contributed by atoms with E-state index in [0.29, 0.717) is 23.4 Å². The lowest BCUT2D eigenvalue weighted by molar-refractivity contribution is -0.115. The van der Waals surface area contributed by atoms with Crippen LogP contribution < -0.4 is 5.32 Å². The van der Waals surface area contributed by atoms with Crippen LogP contribution in [-0.2, 0) is 11.2 Å². The molecule has 0 bridgehead atoms. The first-order valence-electron chi connectivity index (χ1n) is 8.73. The SMILES string of the molecule is Cc1ccc2nc(-c3ccc(NC(=O)Cc4ccccc4)cc3)n(O)c2c1. The Morgan fingerprint density at radius 3 is 2.52 bits per heavy atom. The maximum absolute atomic E-state index is 12.2. The number of carbonyl (C=O) groups excluding carboxylic acids is 1.